The van der Waals surface area contributed by atoms with Crippen molar-refractivity contribution < 1.29 is 18.8 Å². The first-order chi connectivity index (χ1) is 15.6. The summed E-state index contributed by atoms with van der Waals surface area (Å²) in [6.45, 7) is 4.54. The van der Waals surface area contributed by atoms with Crippen molar-refractivity contribution >= 4 is 34.2 Å². The van der Waals surface area contributed by atoms with Gasteiger partial charge in [-0.05, 0) is 67.9 Å². The van der Waals surface area contributed by atoms with Crippen LogP contribution in [0.3, 0.4) is 0 Å². The lowest BCUT2D eigenvalue weighted by atomic mass is 10.1. The molecule has 0 bridgehead atoms. The van der Waals surface area contributed by atoms with E-state index in [9.17, 15) is 4.79 Å². The number of hydrogen-bond acceptors (Lipinski definition) is 6. The number of nitrogens with zero attached hydrogens (tertiary/aromatic N) is 1. The van der Waals surface area contributed by atoms with Gasteiger partial charge in [0, 0.05) is 27.3 Å². The molecule has 4 aromatic rings. The van der Waals surface area contributed by atoms with E-state index in [0.717, 1.165) is 26.5 Å². The van der Waals surface area contributed by atoms with Crippen LogP contribution in [0.5, 0.6) is 0 Å². The summed E-state index contributed by atoms with van der Waals surface area (Å²) in [6.07, 6.45) is 0. The molecule has 4 rings (SSSR count). The minimum Gasteiger partial charge on any atom is -0.453 e. The smallest absolute Gasteiger partial charge is 0.228 e. The number of ether oxygens (including phenoxy) is 1. The second kappa shape index (κ2) is 10.3. The van der Waals surface area contributed by atoms with Crippen molar-refractivity contribution in [2.45, 2.75) is 23.6 Å². The van der Waals surface area contributed by atoms with Crippen LogP contribution < -0.4 is 0 Å². The third-order valence-electron chi connectivity index (χ3n) is 4.82. The highest BCUT2D eigenvalue weighted by Crippen LogP contribution is 2.29. The van der Waals surface area contributed by atoms with Crippen molar-refractivity contribution in [3.05, 3.63) is 95.7 Å². The van der Waals surface area contributed by atoms with Crippen molar-refractivity contribution in [3.63, 3.8) is 0 Å². The number of benzene rings is 3. The fourth-order valence-electron chi connectivity index (χ4n) is 3.11. The normalized spacial score (nSPS) is 11.6. The first-order valence-electron chi connectivity index (χ1n) is 10.3. The minimum atomic E-state index is -0.122. The number of oxime groups is 1. The van der Waals surface area contributed by atoms with E-state index in [4.69, 9.17) is 14.0 Å². The van der Waals surface area contributed by atoms with Crippen LogP contribution >= 0.6 is 11.8 Å². The molecule has 0 atom stereocenters. The quantitative estimate of drug-likeness (QED) is 0.0961. The number of furan rings is 1. The second-order valence-corrected chi connectivity index (χ2v) is 8.19. The van der Waals surface area contributed by atoms with Gasteiger partial charge in [-0.1, -0.05) is 47.2 Å². The molecule has 0 spiro atoms. The van der Waals surface area contributed by atoms with Gasteiger partial charge in [0.15, 0.2) is 5.76 Å². The largest absolute Gasteiger partial charge is 0.453 e. The Morgan fingerprint density at radius 3 is 2.25 bits per heavy atom. The zero-order chi connectivity index (χ0) is 22.3. The standard InChI is InChI=1S/C26H23NO4S/c1-3-29-17-30-27-18(2)19-8-12-22(13-9-19)32-23-14-10-20(11-15-23)26(28)25-16-21-6-4-5-7-24(21)31-25/h4-16H,3,17H2,1-2H3/b27-18+. The summed E-state index contributed by atoms with van der Waals surface area (Å²) in [7, 11) is 0. The molecule has 5 nitrogen and oxygen atoms in total. The van der Waals surface area contributed by atoms with E-state index in [-0.39, 0.29) is 12.6 Å². The van der Waals surface area contributed by atoms with E-state index in [0.29, 0.717) is 23.5 Å². The molecule has 0 saturated carbocycles. The van der Waals surface area contributed by atoms with Crippen LogP contribution in [-0.2, 0) is 9.57 Å². The summed E-state index contributed by atoms with van der Waals surface area (Å²) >= 11 is 1.63. The molecule has 0 fully saturated rings. The number of ketones is 1. The first kappa shape index (κ1) is 21.9. The number of para-hydroxylation sites is 1. The predicted molar refractivity (Wildman–Crippen MR) is 126 cm³/mol. The van der Waals surface area contributed by atoms with Crippen LogP contribution in [0.15, 0.2) is 98.2 Å². The van der Waals surface area contributed by atoms with Crippen LogP contribution in [0.25, 0.3) is 11.0 Å². The van der Waals surface area contributed by atoms with Crippen molar-refractivity contribution in [2.24, 2.45) is 5.16 Å². The Kier molecular flexibility index (Phi) is 7.04. The van der Waals surface area contributed by atoms with Gasteiger partial charge in [-0.3, -0.25) is 4.79 Å². The Hall–Kier alpha value is -3.35. The summed E-state index contributed by atoms with van der Waals surface area (Å²) in [4.78, 5) is 20.0. The van der Waals surface area contributed by atoms with Gasteiger partial charge in [0.2, 0.25) is 12.6 Å². The molecule has 6 heteroatoms. The fourth-order valence-corrected chi connectivity index (χ4v) is 3.92. The van der Waals surface area contributed by atoms with Gasteiger partial charge < -0.3 is 14.0 Å². The number of carbonyl (C=O) groups excluding carboxylic acids is 1. The lowest BCUT2D eigenvalue weighted by molar-refractivity contribution is -0.0475. The van der Waals surface area contributed by atoms with E-state index in [1.807, 2.05) is 86.6 Å². The van der Waals surface area contributed by atoms with Gasteiger partial charge in [-0.25, -0.2) is 0 Å². The predicted octanol–water partition coefficient (Wildman–Crippen LogP) is 6.55. The SMILES string of the molecule is CCOCO/N=C(\C)c1ccc(Sc2ccc(C(=O)c3cc4ccccc4o3)cc2)cc1. The first-order valence-corrected chi connectivity index (χ1v) is 11.1. The maximum atomic E-state index is 12.8. The number of fused-ring (bicyclic) bond motifs is 1. The van der Waals surface area contributed by atoms with Crippen molar-refractivity contribution in [1.82, 2.24) is 0 Å². The zero-order valence-corrected chi connectivity index (χ0v) is 18.7. The highest BCUT2D eigenvalue weighted by Gasteiger charge is 2.14. The van der Waals surface area contributed by atoms with Crippen molar-refractivity contribution in [2.75, 3.05) is 13.4 Å². The highest BCUT2D eigenvalue weighted by atomic mass is 32.2. The average molecular weight is 446 g/mol. The van der Waals surface area contributed by atoms with E-state index >= 15 is 0 Å². The molecule has 3 aromatic carbocycles. The Bertz CT molecular complexity index is 1190. The third kappa shape index (κ3) is 5.28. The van der Waals surface area contributed by atoms with E-state index in [1.165, 1.54) is 0 Å². The molecule has 0 aliphatic heterocycles. The highest BCUT2D eigenvalue weighted by molar-refractivity contribution is 7.99. The molecule has 0 aliphatic carbocycles. The Morgan fingerprint density at radius 2 is 1.59 bits per heavy atom. The molecule has 1 aromatic heterocycles. The number of hydrogen-bond donors (Lipinski definition) is 0. The molecule has 0 unspecified atom stereocenters. The maximum Gasteiger partial charge on any atom is 0.228 e. The van der Waals surface area contributed by atoms with Gasteiger partial charge in [-0.15, -0.1) is 0 Å². The Balaban J connectivity index is 1.39. The maximum absolute atomic E-state index is 12.8. The molecule has 0 aliphatic rings. The Morgan fingerprint density at radius 1 is 0.938 bits per heavy atom. The molecular weight excluding hydrogens is 422 g/mol. The van der Waals surface area contributed by atoms with Gasteiger partial charge in [0.05, 0.1) is 5.71 Å². The molecule has 32 heavy (non-hydrogen) atoms. The van der Waals surface area contributed by atoms with E-state index < -0.39 is 0 Å². The van der Waals surface area contributed by atoms with Crippen LogP contribution in [0.4, 0.5) is 0 Å². The van der Waals surface area contributed by atoms with Gasteiger partial charge in [0.25, 0.3) is 0 Å². The fraction of sp³-hybridized carbons (Fsp3) is 0.154. The molecule has 1 heterocycles. The van der Waals surface area contributed by atoms with Gasteiger partial charge >= 0.3 is 0 Å². The summed E-state index contributed by atoms with van der Waals surface area (Å²) < 4.78 is 10.8. The van der Waals surface area contributed by atoms with E-state index in [1.54, 1.807) is 17.8 Å². The molecule has 0 N–H and O–H groups in total. The number of rotatable bonds is 9. The molecule has 162 valence electrons. The summed E-state index contributed by atoms with van der Waals surface area (Å²) in [5.74, 6) is 0.230. The third-order valence-corrected chi connectivity index (χ3v) is 5.83. The summed E-state index contributed by atoms with van der Waals surface area (Å²) in [5.41, 5.74) is 3.09. The molecule has 0 radical (unpaired) electrons. The second-order valence-electron chi connectivity index (χ2n) is 7.04. The summed E-state index contributed by atoms with van der Waals surface area (Å²) in [5, 5.41) is 4.98. The average Bonchev–Trinajstić information content (AvgIpc) is 3.27. The van der Waals surface area contributed by atoms with Crippen LogP contribution in [0.1, 0.15) is 35.5 Å². The number of carbonyl (C=O) groups is 1. The van der Waals surface area contributed by atoms with E-state index in [2.05, 4.69) is 5.16 Å². The lowest BCUT2D eigenvalue weighted by Gasteiger charge is -2.06. The van der Waals surface area contributed by atoms with Crippen LogP contribution in [0, 0.1) is 0 Å². The topological polar surface area (TPSA) is 61.0 Å². The minimum absolute atomic E-state index is 0.122. The molecular formula is C26H23NO4S. The lowest BCUT2D eigenvalue weighted by Crippen LogP contribution is -1.99. The van der Waals surface area contributed by atoms with Gasteiger partial charge in [0.1, 0.15) is 5.58 Å². The van der Waals surface area contributed by atoms with Gasteiger partial charge in [-0.2, -0.15) is 0 Å². The monoisotopic (exact) mass is 445 g/mol. The van der Waals surface area contributed by atoms with Crippen molar-refractivity contribution in [3.8, 4) is 0 Å². The zero-order valence-electron chi connectivity index (χ0n) is 17.9. The summed E-state index contributed by atoms with van der Waals surface area (Å²) in [6, 6.07) is 25.0. The van der Waals surface area contributed by atoms with Crippen molar-refractivity contribution in [1.29, 1.82) is 0 Å². The Labute approximate surface area is 191 Å². The molecule has 0 saturated heterocycles. The molecule has 0 amide bonds. The van der Waals surface area contributed by atoms with Crippen LogP contribution in [0.2, 0.25) is 0 Å². The van der Waals surface area contributed by atoms with Crippen LogP contribution in [-0.4, -0.2) is 24.9 Å².